The number of rotatable bonds is 11. The highest BCUT2D eigenvalue weighted by Gasteiger charge is 2.32. The van der Waals surface area contributed by atoms with Gasteiger partial charge in [0, 0.05) is 93.7 Å². The van der Waals surface area contributed by atoms with Crippen molar-refractivity contribution in [3.8, 4) is 107 Å². The van der Waals surface area contributed by atoms with Gasteiger partial charge in [0.25, 0.3) is 0 Å². The van der Waals surface area contributed by atoms with Crippen molar-refractivity contribution in [2.75, 3.05) is 0 Å². The van der Waals surface area contributed by atoms with Crippen molar-refractivity contribution in [3.05, 3.63) is 367 Å². The molecule has 0 aliphatic heterocycles. The smallest absolute Gasteiger partial charge is 0.100 e. The maximum absolute atomic E-state index is 13.0. The van der Waals surface area contributed by atoms with Crippen LogP contribution in [-0.2, 0) is 0 Å². The largest absolute Gasteiger partial charge is 0.309 e. The van der Waals surface area contributed by atoms with E-state index in [-0.39, 0.29) is 0 Å². The molecule has 20 aromatic rings. The first-order chi connectivity index (χ1) is 52.6. The molecular weight excluding hydrogens is 1300 g/mol. The third-order valence-electron chi connectivity index (χ3n) is 22.1. The Hall–Kier alpha value is -13.9. The lowest BCUT2D eigenvalue weighted by atomic mass is 9.75. The van der Waals surface area contributed by atoms with Gasteiger partial charge in [-0.2, -0.15) is 5.26 Å². The van der Waals surface area contributed by atoms with E-state index in [1.54, 1.807) is 0 Å². The van der Waals surface area contributed by atoms with E-state index in [1.165, 1.54) is 70.9 Å². The van der Waals surface area contributed by atoms with Gasteiger partial charge in [0.15, 0.2) is 0 Å². The van der Waals surface area contributed by atoms with Crippen molar-refractivity contribution in [2.24, 2.45) is 0 Å². The Labute approximate surface area is 620 Å². The Morgan fingerprint density at radius 3 is 0.860 bits per heavy atom. The Balaban J connectivity index is 0.924. The van der Waals surface area contributed by atoms with E-state index >= 15 is 0 Å². The molecule has 0 aliphatic rings. The quantitative estimate of drug-likeness (QED) is 0.130. The molecule has 0 bridgehead atoms. The average Bonchev–Trinajstić information content (AvgIpc) is 1.66. The summed E-state index contributed by atoms with van der Waals surface area (Å²) in [7, 11) is 0. The number of aryl methyl sites for hydroxylation is 5. The van der Waals surface area contributed by atoms with Gasteiger partial charge < -0.3 is 18.3 Å². The summed E-state index contributed by atoms with van der Waals surface area (Å²) in [5, 5.41) is 22.7. The molecule has 0 fully saturated rings. The summed E-state index contributed by atoms with van der Waals surface area (Å²) in [6, 6.07) is 125. The summed E-state index contributed by atoms with van der Waals surface area (Å²) in [4.78, 5) is 5.75. The second-order valence-corrected chi connectivity index (χ2v) is 28.9. The van der Waals surface area contributed by atoms with Crippen molar-refractivity contribution >= 4 is 87.2 Å². The lowest BCUT2D eigenvalue weighted by molar-refractivity contribution is 1.18. The fourth-order valence-corrected chi connectivity index (χ4v) is 17.3. The van der Waals surface area contributed by atoms with E-state index in [0.717, 1.165) is 145 Å². The first-order valence-corrected chi connectivity index (χ1v) is 36.8. The van der Waals surface area contributed by atoms with E-state index in [4.69, 9.17) is 4.98 Å². The number of nitrogens with zero attached hydrogens (tertiary/aromatic N) is 6. The van der Waals surface area contributed by atoms with Crippen LogP contribution < -0.4 is 0 Å². The van der Waals surface area contributed by atoms with Crippen LogP contribution in [0.25, 0.3) is 188 Å². The molecule has 0 N–H and O–H groups in total. The molecule has 0 amide bonds. The van der Waals surface area contributed by atoms with Crippen LogP contribution in [0.4, 0.5) is 0 Å². The predicted octanol–water partition coefficient (Wildman–Crippen LogP) is 26.6. The Bertz CT molecular complexity index is 7000. The maximum atomic E-state index is 13.0. The van der Waals surface area contributed by atoms with Crippen molar-refractivity contribution in [1.29, 1.82) is 5.26 Å². The zero-order valence-electron chi connectivity index (χ0n) is 59.9. The van der Waals surface area contributed by atoms with Gasteiger partial charge in [0.1, 0.15) is 6.07 Å². The minimum absolute atomic E-state index is 0.529. The van der Waals surface area contributed by atoms with Crippen molar-refractivity contribution in [3.63, 3.8) is 0 Å². The molecule has 0 unspecified atom stereocenters. The van der Waals surface area contributed by atoms with Crippen LogP contribution in [-0.4, -0.2) is 23.3 Å². The molecule has 5 heterocycles. The molecule has 20 rings (SSSR count). The molecule has 0 radical (unpaired) electrons. The molecule has 6 heteroatoms. The summed E-state index contributed by atoms with van der Waals surface area (Å²) in [5.41, 5.74) is 32.3. The van der Waals surface area contributed by atoms with Gasteiger partial charge in [-0.25, -0.2) is 4.98 Å². The zero-order chi connectivity index (χ0) is 71.7. The summed E-state index contributed by atoms with van der Waals surface area (Å²) < 4.78 is 9.59. The number of benzene rings is 15. The molecule has 504 valence electrons. The Kier molecular flexibility index (Phi) is 14.7. The minimum Gasteiger partial charge on any atom is -0.309 e. The highest BCUT2D eigenvalue weighted by Crippen LogP contribution is 2.55. The number of fused-ring (bicyclic) bond motifs is 12. The van der Waals surface area contributed by atoms with E-state index in [0.29, 0.717) is 5.56 Å². The van der Waals surface area contributed by atoms with Crippen LogP contribution in [0.2, 0.25) is 0 Å². The summed E-state index contributed by atoms with van der Waals surface area (Å²) in [6.07, 6.45) is 0. The zero-order valence-corrected chi connectivity index (χ0v) is 59.9. The standard InChI is InChI=1S/C101H70N6/c1-62-28-51-91-81(56-62)77-22-12-15-25-88(77)104(91)73-41-33-68(34-42-73)96-86(61-102)100(80-49-50-87(67-18-8-6-9-19-67)103-101(80)72-20-10-7-11-21-72)99(71-39-47-75(48-40-71)106-90-27-17-14-24-79(90)83-58-64(3)30-53-93(83)106)98(70-37-45-74(46-38-70)105-89-26-16-13-23-78(89)82-57-63(2)29-52-92(82)105)97(96)69-35-43-76(44-36-69)107-94-54-31-65(4)59-84(94)85-60-66(5)32-55-95(85)107/h6-60H,1-5H3. The van der Waals surface area contributed by atoms with Crippen LogP contribution in [0.15, 0.2) is 334 Å². The Morgan fingerprint density at radius 1 is 0.234 bits per heavy atom. The van der Waals surface area contributed by atoms with Gasteiger partial charge in [-0.1, -0.05) is 222 Å². The second-order valence-electron chi connectivity index (χ2n) is 28.9. The third kappa shape index (κ3) is 10.2. The first-order valence-electron chi connectivity index (χ1n) is 36.8. The van der Waals surface area contributed by atoms with Gasteiger partial charge in [-0.05, 0) is 213 Å². The molecule has 107 heavy (non-hydrogen) atoms. The van der Waals surface area contributed by atoms with E-state index < -0.39 is 0 Å². The van der Waals surface area contributed by atoms with Crippen LogP contribution in [0.1, 0.15) is 33.4 Å². The molecular formula is C101H70N6. The monoisotopic (exact) mass is 1370 g/mol. The van der Waals surface area contributed by atoms with Crippen LogP contribution in [0.3, 0.4) is 0 Å². The van der Waals surface area contributed by atoms with Gasteiger partial charge in [-0.15, -0.1) is 0 Å². The third-order valence-corrected chi connectivity index (χ3v) is 22.1. The van der Waals surface area contributed by atoms with Gasteiger partial charge in [-0.3, -0.25) is 0 Å². The highest BCUT2D eigenvalue weighted by atomic mass is 15.0. The minimum atomic E-state index is 0.529. The first kappa shape index (κ1) is 62.9. The maximum Gasteiger partial charge on any atom is 0.100 e. The predicted molar refractivity (Wildman–Crippen MR) is 448 cm³/mol. The average molecular weight is 1370 g/mol. The highest BCUT2D eigenvalue weighted by molar-refractivity contribution is 6.16. The molecule has 5 aromatic heterocycles. The van der Waals surface area contributed by atoms with Crippen LogP contribution >= 0.6 is 0 Å². The van der Waals surface area contributed by atoms with Crippen molar-refractivity contribution < 1.29 is 0 Å². The summed E-state index contributed by atoms with van der Waals surface area (Å²) in [6.45, 7) is 10.9. The summed E-state index contributed by atoms with van der Waals surface area (Å²) in [5.74, 6) is 0. The molecule has 0 spiro atoms. The topological polar surface area (TPSA) is 56.4 Å². The van der Waals surface area contributed by atoms with Crippen LogP contribution in [0, 0.1) is 45.9 Å². The van der Waals surface area contributed by atoms with Gasteiger partial charge in [0.05, 0.1) is 61.1 Å². The lowest BCUT2D eigenvalue weighted by Crippen LogP contribution is -2.05. The number of nitriles is 1. The number of hydrogen-bond donors (Lipinski definition) is 0. The lowest BCUT2D eigenvalue weighted by Gasteiger charge is -2.27. The van der Waals surface area contributed by atoms with Crippen LogP contribution in [0.5, 0.6) is 0 Å². The molecule has 0 aliphatic carbocycles. The van der Waals surface area contributed by atoms with E-state index in [9.17, 15) is 5.26 Å². The van der Waals surface area contributed by atoms with E-state index in [2.05, 4.69) is 387 Å². The molecule has 0 saturated heterocycles. The van der Waals surface area contributed by atoms with Gasteiger partial charge >= 0.3 is 0 Å². The SMILES string of the molecule is Cc1ccc2c(c1)c1ccccc1n2-c1ccc(-c2c(C#N)c(-c3ccc(-c4ccccc4)nc3-c3ccccc3)c(-c3ccc(-n4c5ccccc5c5cc(C)ccc54)cc3)c(-c3ccc(-n4c5ccccc5c5cc(C)ccc54)cc3)c2-c2ccc(-n3c4ccc(C)cc4c4cc(C)ccc43)cc2)cc1. The van der Waals surface area contributed by atoms with E-state index in [1.807, 2.05) is 6.07 Å². The van der Waals surface area contributed by atoms with Crippen molar-refractivity contribution in [1.82, 2.24) is 23.3 Å². The van der Waals surface area contributed by atoms with Crippen molar-refractivity contribution in [2.45, 2.75) is 34.6 Å². The molecule has 6 nitrogen and oxygen atoms in total. The number of para-hydroxylation sites is 3. The van der Waals surface area contributed by atoms with Gasteiger partial charge in [0.2, 0.25) is 0 Å². The molecule has 0 atom stereocenters. The number of hydrogen-bond acceptors (Lipinski definition) is 2. The Morgan fingerprint density at radius 2 is 0.514 bits per heavy atom. The summed E-state index contributed by atoms with van der Waals surface area (Å²) >= 11 is 0. The number of pyridine rings is 1. The molecule has 15 aromatic carbocycles. The second kappa shape index (κ2) is 25.0. The number of aromatic nitrogens is 5. The molecule has 0 saturated carbocycles. The normalized spacial score (nSPS) is 11.8. The fraction of sp³-hybridized carbons (Fsp3) is 0.0495. The fourth-order valence-electron chi connectivity index (χ4n) is 17.3.